The quantitative estimate of drug-likeness (QED) is 0.752. The summed E-state index contributed by atoms with van der Waals surface area (Å²) in [6.45, 7) is 3.39. The molecule has 0 atom stereocenters. The molecule has 1 aliphatic rings. The van der Waals surface area contributed by atoms with E-state index in [1.807, 2.05) is 46.8 Å². The molecule has 28 heavy (non-hydrogen) atoms. The minimum atomic E-state index is -0.441. The highest BCUT2D eigenvalue weighted by atomic mass is 19.1. The Bertz CT molecular complexity index is 963. The van der Waals surface area contributed by atoms with Crippen LogP contribution in [0.2, 0.25) is 0 Å². The lowest BCUT2D eigenvalue weighted by molar-refractivity contribution is 0.102. The monoisotopic (exact) mass is 380 g/mol. The molecule has 144 valence electrons. The highest BCUT2D eigenvalue weighted by Crippen LogP contribution is 2.27. The van der Waals surface area contributed by atoms with E-state index in [0.717, 1.165) is 31.5 Å². The summed E-state index contributed by atoms with van der Waals surface area (Å²) < 4.78 is 14.9. The lowest BCUT2D eigenvalue weighted by atomic mass is 10.1. The van der Waals surface area contributed by atoms with Crippen LogP contribution in [0.25, 0.3) is 0 Å². The third-order valence-electron chi connectivity index (χ3n) is 5.00. The van der Waals surface area contributed by atoms with E-state index >= 15 is 0 Å². The van der Waals surface area contributed by atoms with Gasteiger partial charge in [0.25, 0.3) is 5.91 Å². The van der Waals surface area contributed by atoms with E-state index in [4.69, 9.17) is 0 Å². The van der Waals surface area contributed by atoms with E-state index in [2.05, 4.69) is 20.4 Å². The minimum Gasteiger partial charge on any atom is -0.341 e. The molecule has 1 N–H and O–H groups in total. The molecular weight excluding hydrogens is 359 g/mol. The Kier molecular flexibility index (Phi) is 5.01. The molecule has 0 unspecified atom stereocenters. The van der Waals surface area contributed by atoms with Gasteiger partial charge in [0.05, 0.1) is 24.6 Å². The molecule has 1 amide bonds. The fourth-order valence-corrected chi connectivity index (χ4v) is 3.49. The molecule has 1 fully saturated rings. The molecule has 0 aliphatic carbocycles. The predicted molar refractivity (Wildman–Crippen MR) is 104 cm³/mol. The molecule has 7 nitrogen and oxygen atoms in total. The predicted octanol–water partition coefficient (Wildman–Crippen LogP) is 3.21. The number of carbonyl (C=O) groups is 1. The Hall–Kier alpha value is -3.29. The summed E-state index contributed by atoms with van der Waals surface area (Å²) in [7, 11) is 0. The summed E-state index contributed by atoms with van der Waals surface area (Å²) in [4.78, 5) is 22.8. The molecule has 0 bridgehead atoms. The number of nitrogens with zero attached hydrogens (tertiary/aromatic N) is 5. The van der Waals surface area contributed by atoms with Crippen LogP contribution in [-0.4, -0.2) is 38.7 Å². The first-order valence-corrected chi connectivity index (χ1v) is 9.25. The van der Waals surface area contributed by atoms with E-state index in [1.54, 1.807) is 6.20 Å². The van der Waals surface area contributed by atoms with Gasteiger partial charge in [-0.15, -0.1) is 0 Å². The molecule has 3 aromatic rings. The number of benzene rings is 1. The summed E-state index contributed by atoms with van der Waals surface area (Å²) in [6, 6.07) is 9.47. The topological polar surface area (TPSA) is 75.9 Å². The minimum absolute atomic E-state index is 0.142. The Balaban J connectivity index is 1.43. The molecule has 0 saturated carbocycles. The van der Waals surface area contributed by atoms with E-state index in [-0.39, 0.29) is 11.9 Å². The van der Waals surface area contributed by atoms with Crippen molar-refractivity contribution < 1.29 is 9.18 Å². The van der Waals surface area contributed by atoms with Crippen molar-refractivity contribution in [3.63, 3.8) is 0 Å². The molecule has 0 spiro atoms. The van der Waals surface area contributed by atoms with Crippen LogP contribution in [0.1, 0.15) is 34.8 Å². The average molecular weight is 380 g/mol. The second-order valence-electron chi connectivity index (χ2n) is 6.85. The van der Waals surface area contributed by atoms with Gasteiger partial charge in [-0.25, -0.2) is 19.0 Å². The van der Waals surface area contributed by atoms with Crippen LogP contribution >= 0.6 is 0 Å². The zero-order chi connectivity index (χ0) is 19.5. The molecule has 1 aromatic carbocycles. The van der Waals surface area contributed by atoms with Crippen LogP contribution < -0.4 is 10.2 Å². The maximum absolute atomic E-state index is 13.0. The third-order valence-corrected chi connectivity index (χ3v) is 5.00. The number of anilines is 2. The van der Waals surface area contributed by atoms with Crippen LogP contribution in [0.4, 0.5) is 16.2 Å². The number of carbonyl (C=O) groups excluding carboxylic acids is 1. The van der Waals surface area contributed by atoms with Gasteiger partial charge >= 0.3 is 0 Å². The first kappa shape index (κ1) is 18.1. The lowest BCUT2D eigenvalue weighted by Crippen LogP contribution is -2.36. The molecule has 1 saturated heterocycles. The van der Waals surface area contributed by atoms with Gasteiger partial charge in [0.15, 0.2) is 5.82 Å². The number of nitrogens with one attached hydrogen (secondary N) is 1. The van der Waals surface area contributed by atoms with Crippen molar-refractivity contribution in [1.82, 2.24) is 19.7 Å². The first-order chi connectivity index (χ1) is 13.6. The van der Waals surface area contributed by atoms with Crippen LogP contribution in [0.15, 0.2) is 48.9 Å². The van der Waals surface area contributed by atoms with Crippen molar-refractivity contribution in [2.45, 2.75) is 25.8 Å². The number of halogens is 1. The number of hydrogen-bond donors (Lipinski definition) is 1. The smallest absolute Gasteiger partial charge is 0.257 e. The number of aryl methyl sites for hydroxylation is 1. The van der Waals surface area contributed by atoms with Gasteiger partial charge in [0.2, 0.25) is 5.95 Å². The second-order valence-corrected chi connectivity index (χ2v) is 6.85. The largest absolute Gasteiger partial charge is 0.341 e. The van der Waals surface area contributed by atoms with Gasteiger partial charge in [-0.3, -0.25) is 4.79 Å². The van der Waals surface area contributed by atoms with Crippen LogP contribution in [0.3, 0.4) is 0 Å². The van der Waals surface area contributed by atoms with E-state index in [0.29, 0.717) is 17.3 Å². The van der Waals surface area contributed by atoms with E-state index in [9.17, 15) is 9.18 Å². The lowest BCUT2D eigenvalue weighted by Gasteiger charge is -2.32. The van der Waals surface area contributed by atoms with Gasteiger partial charge in [0, 0.05) is 24.7 Å². The maximum Gasteiger partial charge on any atom is 0.257 e. The second kappa shape index (κ2) is 7.75. The molecule has 3 heterocycles. The zero-order valence-corrected chi connectivity index (χ0v) is 15.5. The molecule has 4 rings (SSSR count). The van der Waals surface area contributed by atoms with Crippen molar-refractivity contribution in [1.29, 1.82) is 0 Å². The maximum atomic E-state index is 13.0. The highest BCUT2D eigenvalue weighted by Gasteiger charge is 2.24. The Morgan fingerprint density at radius 3 is 2.57 bits per heavy atom. The summed E-state index contributed by atoms with van der Waals surface area (Å²) in [6.07, 6.45) is 5.72. The van der Waals surface area contributed by atoms with Crippen molar-refractivity contribution in [3.8, 4) is 0 Å². The highest BCUT2D eigenvalue weighted by molar-refractivity contribution is 6.04. The van der Waals surface area contributed by atoms with Gasteiger partial charge in [-0.2, -0.15) is 5.10 Å². The van der Waals surface area contributed by atoms with Gasteiger partial charge in [-0.1, -0.05) is 18.2 Å². The van der Waals surface area contributed by atoms with Crippen molar-refractivity contribution >= 4 is 17.7 Å². The standard InChI is InChI=1S/C20H21FN6O/c1-14-4-2-3-5-17(14)19(28)25-18-6-9-24-27(18)16-7-10-26(11-8-16)20-22-12-15(21)13-23-20/h2-6,9,12-13,16H,7-8,10-11H2,1H3,(H,25,28). The van der Waals surface area contributed by atoms with Crippen molar-refractivity contribution in [3.05, 3.63) is 65.9 Å². The van der Waals surface area contributed by atoms with Crippen molar-refractivity contribution in [2.75, 3.05) is 23.3 Å². The Labute approximate surface area is 162 Å². The van der Waals surface area contributed by atoms with Crippen LogP contribution in [0, 0.1) is 12.7 Å². The molecule has 1 aliphatic heterocycles. The number of amides is 1. The molecule has 8 heteroatoms. The fourth-order valence-electron chi connectivity index (χ4n) is 3.49. The SMILES string of the molecule is Cc1ccccc1C(=O)Nc1ccnn1C1CCN(c2ncc(F)cn2)CC1. The normalized spacial score (nSPS) is 14.9. The Morgan fingerprint density at radius 2 is 1.86 bits per heavy atom. The fraction of sp³-hybridized carbons (Fsp3) is 0.300. The van der Waals surface area contributed by atoms with Gasteiger partial charge in [-0.05, 0) is 31.4 Å². The number of piperidine rings is 1. The van der Waals surface area contributed by atoms with Crippen LogP contribution in [0.5, 0.6) is 0 Å². The third kappa shape index (κ3) is 3.71. The average Bonchev–Trinajstić information content (AvgIpc) is 3.17. The number of hydrogen-bond acceptors (Lipinski definition) is 5. The summed E-state index contributed by atoms with van der Waals surface area (Å²) in [5.41, 5.74) is 1.58. The summed E-state index contributed by atoms with van der Waals surface area (Å²) >= 11 is 0. The van der Waals surface area contributed by atoms with Crippen LogP contribution in [-0.2, 0) is 0 Å². The summed E-state index contributed by atoms with van der Waals surface area (Å²) in [5, 5.41) is 7.40. The molecular formula is C20H21FN6O. The van der Waals surface area contributed by atoms with E-state index < -0.39 is 5.82 Å². The van der Waals surface area contributed by atoms with E-state index in [1.165, 1.54) is 12.4 Å². The zero-order valence-electron chi connectivity index (χ0n) is 15.5. The molecule has 2 aromatic heterocycles. The summed E-state index contributed by atoms with van der Waals surface area (Å²) in [5.74, 6) is 0.638. The van der Waals surface area contributed by atoms with Gasteiger partial charge in [0.1, 0.15) is 5.82 Å². The van der Waals surface area contributed by atoms with Gasteiger partial charge < -0.3 is 10.2 Å². The first-order valence-electron chi connectivity index (χ1n) is 9.25. The Morgan fingerprint density at radius 1 is 1.14 bits per heavy atom. The number of aromatic nitrogens is 4. The number of rotatable bonds is 4. The van der Waals surface area contributed by atoms with Crippen molar-refractivity contribution in [2.24, 2.45) is 0 Å². The molecule has 0 radical (unpaired) electrons.